The maximum Gasteiger partial charge on any atom is 0.165 e. The van der Waals surface area contributed by atoms with Crippen molar-refractivity contribution in [2.24, 2.45) is 0 Å². The number of allylic oxidation sites excluding steroid dienone is 1. The number of hydrogen-bond acceptors (Lipinski definition) is 3. The van der Waals surface area contributed by atoms with Gasteiger partial charge < -0.3 is 5.11 Å². The highest BCUT2D eigenvalue weighted by atomic mass is 16.3. The number of fused-ring (bicyclic) bond motifs is 2. The first-order valence-electron chi connectivity index (χ1n) is 7.08. The van der Waals surface area contributed by atoms with Gasteiger partial charge in [-0.05, 0) is 31.5 Å². The van der Waals surface area contributed by atoms with E-state index in [2.05, 4.69) is 4.90 Å². The highest BCUT2D eigenvalue weighted by Crippen LogP contribution is 2.36. The average Bonchev–Trinajstić information content (AvgIpc) is 2.71. The Kier molecular flexibility index (Phi) is 3.45. The molecule has 2 atom stereocenters. The monoisotopic (exact) mass is 269 g/mol. The van der Waals surface area contributed by atoms with E-state index in [1.165, 1.54) is 0 Å². The highest BCUT2D eigenvalue weighted by Gasteiger charge is 2.42. The Morgan fingerprint density at radius 1 is 1.30 bits per heavy atom. The molecule has 3 rings (SSSR count). The molecule has 1 aromatic rings. The lowest BCUT2D eigenvalue weighted by molar-refractivity contribution is -0.118. The number of nitrogens with zero attached hydrogens (tertiary/aromatic N) is 1. The molecule has 2 aliphatic heterocycles. The Bertz CT molecular complexity index is 574. The SMILES string of the molecule is CN1C2CC[C@@H]1/C(=C(O)\C=C\c1ccccc1)C(=O)C2. The number of carbonyl (C=O) groups is 1. The van der Waals surface area contributed by atoms with Crippen molar-refractivity contribution in [1.82, 2.24) is 4.90 Å². The topological polar surface area (TPSA) is 40.5 Å². The van der Waals surface area contributed by atoms with Crippen molar-refractivity contribution in [3.05, 3.63) is 53.3 Å². The van der Waals surface area contributed by atoms with E-state index in [1.807, 2.05) is 43.5 Å². The molecule has 0 spiro atoms. The van der Waals surface area contributed by atoms with Gasteiger partial charge in [0.25, 0.3) is 0 Å². The Hall–Kier alpha value is -1.87. The second kappa shape index (κ2) is 5.25. The molecular weight excluding hydrogens is 250 g/mol. The molecule has 0 saturated carbocycles. The third kappa shape index (κ3) is 2.29. The summed E-state index contributed by atoms with van der Waals surface area (Å²) in [6, 6.07) is 10.2. The van der Waals surface area contributed by atoms with Crippen LogP contribution in [-0.2, 0) is 4.79 Å². The molecule has 0 aromatic heterocycles. The van der Waals surface area contributed by atoms with E-state index < -0.39 is 0 Å². The lowest BCUT2D eigenvalue weighted by atomic mass is 9.94. The second-order valence-electron chi connectivity index (χ2n) is 5.58. The van der Waals surface area contributed by atoms with E-state index in [0.717, 1.165) is 18.4 Å². The molecule has 1 aromatic carbocycles. The predicted octanol–water partition coefficient (Wildman–Crippen LogP) is 2.95. The lowest BCUT2D eigenvalue weighted by Crippen LogP contribution is -2.42. The largest absolute Gasteiger partial charge is 0.507 e. The van der Waals surface area contributed by atoms with Crippen molar-refractivity contribution in [2.45, 2.75) is 31.3 Å². The van der Waals surface area contributed by atoms with Crippen LogP contribution in [0.3, 0.4) is 0 Å². The summed E-state index contributed by atoms with van der Waals surface area (Å²) in [5, 5.41) is 10.3. The fourth-order valence-electron chi connectivity index (χ4n) is 3.26. The van der Waals surface area contributed by atoms with E-state index in [9.17, 15) is 9.90 Å². The van der Waals surface area contributed by atoms with Crippen LogP contribution in [-0.4, -0.2) is 34.9 Å². The first kappa shape index (κ1) is 13.1. The Balaban J connectivity index is 1.88. The quantitative estimate of drug-likeness (QED) is 0.663. The van der Waals surface area contributed by atoms with Gasteiger partial charge in [0.15, 0.2) is 5.78 Å². The Morgan fingerprint density at radius 3 is 2.80 bits per heavy atom. The number of piperidine rings is 1. The maximum atomic E-state index is 12.2. The molecule has 2 aliphatic rings. The minimum atomic E-state index is 0.0849. The molecule has 20 heavy (non-hydrogen) atoms. The number of carbonyl (C=O) groups excluding carboxylic acids is 1. The van der Waals surface area contributed by atoms with Gasteiger partial charge >= 0.3 is 0 Å². The molecule has 0 radical (unpaired) electrons. The summed E-state index contributed by atoms with van der Waals surface area (Å²) in [6.07, 6.45) is 6.04. The van der Waals surface area contributed by atoms with Crippen LogP contribution >= 0.6 is 0 Å². The summed E-state index contributed by atoms with van der Waals surface area (Å²) in [4.78, 5) is 14.4. The van der Waals surface area contributed by atoms with Crippen molar-refractivity contribution in [2.75, 3.05) is 7.05 Å². The molecule has 3 nitrogen and oxygen atoms in total. The van der Waals surface area contributed by atoms with Crippen LogP contribution in [0.5, 0.6) is 0 Å². The summed E-state index contributed by atoms with van der Waals surface area (Å²) in [5.74, 6) is 0.224. The number of likely N-dealkylation sites (N-methyl/N-ethyl adjacent to an activating group) is 1. The Morgan fingerprint density at radius 2 is 2.05 bits per heavy atom. The number of ketones is 1. The van der Waals surface area contributed by atoms with Crippen molar-refractivity contribution in [3.63, 3.8) is 0 Å². The molecule has 0 amide bonds. The number of Topliss-reactive ketones (excluding diaryl/α,β-unsaturated/α-hetero) is 1. The van der Waals surface area contributed by atoms with Crippen LogP contribution in [0.15, 0.2) is 47.7 Å². The molecule has 2 saturated heterocycles. The Labute approximate surface area is 119 Å². The van der Waals surface area contributed by atoms with Gasteiger partial charge in [0.05, 0.1) is 5.57 Å². The van der Waals surface area contributed by atoms with Crippen molar-refractivity contribution in [3.8, 4) is 0 Å². The molecule has 3 heteroatoms. The molecule has 2 bridgehead atoms. The smallest absolute Gasteiger partial charge is 0.165 e. The van der Waals surface area contributed by atoms with Gasteiger partial charge in [0.2, 0.25) is 0 Å². The highest BCUT2D eigenvalue weighted by molar-refractivity contribution is 5.99. The number of hydrogen-bond donors (Lipinski definition) is 1. The van der Waals surface area contributed by atoms with E-state index in [0.29, 0.717) is 18.0 Å². The zero-order valence-electron chi connectivity index (χ0n) is 11.6. The normalized spacial score (nSPS) is 29.1. The van der Waals surface area contributed by atoms with Gasteiger partial charge in [-0.1, -0.05) is 36.4 Å². The van der Waals surface area contributed by atoms with Crippen LogP contribution in [0.25, 0.3) is 6.08 Å². The number of benzene rings is 1. The molecule has 1 unspecified atom stereocenters. The molecule has 104 valence electrons. The molecule has 1 N–H and O–H groups in total. The molecule has 2 heterocycles. The fraction of sp³-hybridized carbons (Fsp3) is 0.353. The predicted molar refractivity (Wildman–Crippen MR) is 79.3 cm³/mol. The summed E-state index contributed by atoms with van der Waals surface area (Å²) in [6.45, 7) is 0. The molecule has 0 aliphatic carbocycles. The second-order valence-corrected chi connectivity index (χ2v) is 5.58. The van der Waals surface area contributed by atoms with Crippen LogP contribution in [0.2, 0.25) is 0 Å². The van der Waals surface area contributed by atoms with Crippen LogP contribution in [0, 0.1) is 0 Å². The van der Waals surface area contributed by atoms with Gasteiger partial charge in [-0.3, -0.25) is 9.69 Å². The zero-order valence-corrected chi connectivity index (χ0v) is 11.6. The number of aliphatic hydroxyl groups is 1. The molecular formula is C17H19NO2. The third-order valence-electron chi connectivity index (χ3n) is 4.40. The summed E-state index contributed by atoms with van der Waals surface area (Å²) >= 11 is 0. The van der Waals surface area contributed by atoms with Crippen LogP contribution in [0.1, 0.15) is 24.8 Å². The molecule has 2 fully saturated rings. The lowest BCUT2D eigenvalue weighted by Gasteiger charge is -2.32. The standard InChI is InChI=1S/C17H19NO2/c1-18-13-8-9-14(18)17(16(20)11-13)15(19)10-7-12-5-3-2-4-6-12/h2-7,10,13-14,19H,8-9,11H2,1H3/b10-7+,17-15-/t13?,14-/m1/s1. The number of rotatable bonds is 2. The first-order valence-corrected chi connectivity index (χ1v) is 7.08. The van der Waals surface area contributed by atoms with Gasteiger partial charge in [-0.25, -0.2) is 0 Å². The van der Waals surface area contributed by atoms with Gasteiger partial charge in [0, 0.05) is 18.5 Å². The van der Waals surface area contributed by atoms with E-state index >= 15 is 0 Å². The summed E-state index contributed by atoms with van der Waals surface area (Å²) in [7, 11) is 2.04. The number of aliphatic hydroxyl groups excluding tert-OH is 1. The van der Waals surface area contributed by atoms with Crippen LogP contribution in [0.4, 0.5) is 0 Å². The van der Waals surface area contributed by atoms with Gasteiger partial charge in [0.1, 0.15) is 5.76 Å². The summed E-state index contributed by atoms with van der Waals surface area (Å²) in [5.41, 5.74) is 1.61. The minimum Gasteiger partial charge on any atom is -0.507 e. The maximum absolute atomic E-state index is 12.2. The first-order chi connectivity index (χ1) is 9.66. The van der Waals surface area contributed by atoms with Gasteiger partial charge in [-0.15, -0.1) is 0 Å². The third-order valence-corrected chi connectivity index (χ3v) is 4.40. The average molecular weight is 269 g/mol. The minimum absolute atomic E-state index is 0.0849. The van der Waals surface area contributed by atoms with E-state index in [-0.39, 0.29) is 17.6 Å². The van der Waals surface area contributed by atoms with Crippen molar-refractivity contribution < 1.29 is 9.90 Å². The van der Waals surface area contributed by atoms with Gasteiger partial charge in [-0.2, -0.15) is 0 Å². The van der Waals surface area contributed by atoms with E-state index in [4.69, 9.17) is 0 Å². The van der Waals surface area contributed by atoms with Crippen LogP contribution < -0.4 is 0 Å². The van der Waals surface area contributed by atoms with Crippen molar-refractivity contribution in [1.29, 1.82) is 0 Å². The van der Waals surface area contributed by atoms with E-state index in [1.54, 1.807) is 6.08 Å². The fourth-order valence-corrected chi connectivity index (χ4v) is 3.26. The summed E-state index contributed by atoms with van der Waals surface area (Å²) < 4.78 is 0. The van der Waals surface area contributed by atoms with Crippen molar-refractivity contribution >= 4 is 11.9 Å². The zero-order chi connectivity index (χ0) is 14.1.